The van der Waals surface area contributed by atoms with E-state index in [9.17, 15) is 5.11 Å². The number of benzene rings is 1. The van der Waals surface area contributed by atoms with Crippen LogP contribution in [0.4, 0.5) is 0 Å². The molecule has 1 aromatic rings. The number of hydrogen-bond donors (Lipinski definition) is 1. The number of aliphatic hydroxyl groups is 1. The highest BCUT2D eigenvalue weighted by atomic mass is 79.9. The molecule has 1 fully saturated rings. The Morgan fingerprint density at radius 3 is 2.57 bits per heavy atom. The molecule has 3 heteroatoms. The Morgan fingerprint density at radius 1 is 1.43 bits per heavy atom. The molecule has 1 aliphatic rings. The average Bonchev–Trinajstić information content (AvgIpc) is 2.09. The molecule has 1 nitrogen and oxygen atoms in total. The van der Waals surface area contributed by atoms with Crippen molar-refractivity contribution in [3.05, 3.63) is 32.8 Å². The Kier molecular flexibility index (Phi) is 2.63. The highest BCUT2D eigenvalue weighted by molar-refractivity contribution is 9.10. The van der Waals surface area contributed by atoms with Gasteiger partial charge in [0, 0.05) is 15.1 Å². The minimum atomic E-state index is -0.676. The number of rotatable bonds is 1. The average molecular weight is 276 g/mol. The second-order valence-electron chi connectivity index (χ2n) is 3.91. The summed E-state index contributed by atoms with van der Waals surface area (Å²) >= 11 is 9.57. The molecule has 0 bridgehead atoms. The SMILES string of the molecule is Cc1c(Br)ccc(Cl)c1C1(O)CCC1. The van der Waals surface area contributed by atoms with Gasteiger partial charge in [-0.3, -0.25) is 0 Å². The van der Waals surface area contributed by atoms with E-state index in [1.165, 1.54) is 0 Å². The van der Waals surface area contributed by atoms with Gasteiger partial charge in [-0.25, -0.2) is 0 Å². The first-order chi connectivity index (χ1) is 6.54. The molecule has 1 N–H and O–H groups in total. The van der Waals surface area contributed by atoms with E-state index in [1.54, 1.807) is 0 Å². The topological polar surface area (TPSA) is 20.2 Å². The monoisotopic (exact) mass is 274 g/mol. The molecule has 0 saturated heterocycles. The summed E-state index contributed by atoms with van der Waals surface area (Å²) < 4.78 is 1.01. The van der Waals surface area contributed by atoms with Crippen LogP contribution in [0.5, 0.6) is 0 Å². The molecule has 0 unspecified atom stereocenters. The summed E-state index contributed by atoms with van der Waals surface area (Å²) in [5.41, 5.74) is 1.28. The second kappa shape index (κ2) is 3.51. The number of halogens is 2. The Balaban J connectivity index is 2.56. The zero-order valence-electron chi connectivity index (χ0n) is 7.98. The fourth-order valence-electron chi connectivity index (χ4n) is 1.99. The molecule has 14 heavy (non-hydrogen) atoms. The van der Waals surface area contributed by atoms with Gasteiger partial charge in [0.2, 0.25) is 0 Å². The summed E-state index contributed by atoms with van der Waals surface area (Å²) in [7, 11) is 0. The van der Waals surface area contributed by atoms with Crippen LogP contribution in [-0.2, 0) is 5.60 Å². The summed E-state index contributed by atoms with van der Waals surface area (Å²) in [6.07, 6.45) is 2.73. The summed E-state index contributed by atoms with van der Waals surface area (Å²) in [6.45, 7) is 1.99. The highest BCUT2D eigenvalue weighted by Crippen LogP contribution is 2.46. The van der Waals surface area contributed by atoms with Gasteiger partial charge in [0.25, 0.3) is 0 Å². The zero-order chi connectivity index (χ0) is 10.3. The lowest BCUT2D eigenvalue weighted by molar-refractivity contribution is -0.0392. The summed E-state index contributed by atoms with van der Waals surface area (Å²) in [5, 5.41) is 10.9. The van der Waals surface area contributed by atoms with Crippen LogP contribution in [-0.4, -0.2) is 5.11 Å². The van der Waals surface area contributed by atoms with Crippen molar-refractivity contribution >= 4 is 27.5 Å². The lowest BCUT2D eigenvalue weighted by atomic mass is 9.74. The van der Waals surface area contributed by atoms with Gasteiger partial charge in [-0.05, 0) is 43.9 Å². The number of hydrogen-bond acceptors (Lipinski definition) is 1. The molecule has 2 rings (SSSR count). The van der Waals surface area contributed by atoms with Gasteiger partial charge < -0.3 is 5.11 Å². The van der Waals surface area contributed by atoms with Crippen LogP contribution >= 0.6 is 27.5 Å². The van der Waals surface area contributed by atoms with E-state index in [-0.39, 0.29) is 0 Å². The predicted molar refractivity (Wildman–Crippen MR) is 61.6 cm³/mol. The van der Waals surface area contributed by atoms with Crippen LogP contribution in [0.2, 0.25) is 5.02 Å². The second-order valence-corrected chi connectivity index (χ2v) is 5.18. The molecule has 0 amide bonds. The van der Waals surface area contributed by atoms with Crippen LogP contribution < -0.4 is 0 Å². The summed E-state index contributed by atoms with van der Waals surface area (Å²) in [4.78, 5) is 0. The summed E-state index contributed by atoms with van der Waals surface area (Å²) in [5.74, 6) is 0. The highest BCUT2D eigenvalue weighted by Gasteiger charge is 2.39. The maximum atomic E-state index is 10.3. The van der Waals surface area contributed by atoms with Crippen molar-refractivity contribution in [1.29, 1.82) is 0 Å². The third kappa shape index (κ3) is 1.50. The quantitative estimate of drug-likeness (QED) is 0.827. The Bertz CT molecular complexity index is 372. The van der Waals surface area contributed by atoms with E-state index < -0.39 is 5.60 Å². The van der Waals surface area contributed by atoms with Crippen molar-refractivity contribution in [2.45, 2.75) is 31.8 Å². The maximum Gasteiger partial charge on any atom is 0.0913 e. The molecular formula is C11H12BrClO. The first-order valence-electron chi connectivity index (χ1n) is 4.72. The van der Waals surface area contributed by atoms with Crippen LogP contribution in [0.3, 0.4) is 0 Å². The molecular weight excluding hydrogens is 263 g/mol. The Hall–Kier alpha value is -0.0500. The van der Waals surface area contributed by atoms with Gasteiger partial charge in [-0.1, -0.05) is 27.5 Å². The minimum absolute atomic E-state index is 0.674. The van der Waals surface area contributed by atoms with Crippen molar-refractivity contribution < 1.29 is 5.11 Å². The molecule has 0 aliphatic heterocycles. The van der Waals surface area contributed by atoms with Crippen molar-refractivity contribution in [3.63, 3.8) is 0 Å². The van der Waals surface area contributed by atoms with Crippen molar-refractivity contribution in [2.24, 2.45) is 0 Å². The first kappa shape index (κ1) is 10.5. The fourth-order valence-corrected chi connectivity index (χ4v) is 2.70. The van der Waals surface area contributed by atoms with Gasteiger partial charge in [-0.15, -0.1) is 0 Å². The minimum Gasteiger partial charge on any atom is -0.385 e. The molecule has 1 aliphatic carbocycles. The molecule has 0 spiro atoms. The van der Waals surface area contributed by atoms with Crippen molar-refractivity contribution in [2.75, 3.05) is 0 Å². The van der Waals surface area contributed by atoms with E-state index in [1.807, 2.05) is 19.1 Å². The Morgan fingerprint density at radius 2 is 2.07 bits per heavy atom. The largest absolute Gasteiger partial charge is 0.385 e. The molecule has 0 heterocycles. The van der Waals surface area contributed by atoms with E-state index in [0.717, 1.165) is 34.9 Å². The third-order valence-electron chi connectivity index (χ3n) is 2.99. The molecule has 1 saturated carbocycles. The maximum absolute atomic E-state index is 10.3. The van der Waals surface area contributed by atoms with Gasteiger partial charge in [0.05, 0.1) is 5.60 Å². The van der Waals surface area contributed by atoms with Crippen molar-refractivity contribution in [3.8, 4) is 0 Å². The smallest absolute Gasteiger partial charge is 0.0913 e. The lowest BCUT2D eigenvalue weighted by Gasteiger charge is -2.38. The van der Waals surface area contributed by atoms with Crippen LogP contribution in [0.25, 0.3) is 0 Å². The molecule has 0 atom stereocenters. The van der Waals surface area contributed by atoms with E-state index in [4.69, 9.17) is 11.6 Å². The van der Waals surface area contributed by atoms with Crippen LogP contribution in [0, 0.1) is 6.92 Å². The molecule has 1 aromatic carbocycles. The molecule has 0 radical (unpaired) electrons. The van der Waals surface area contributed by atoms with Crippen LogP contribution in [0.15, 0.2) is 16.6 Å². The first-order valence-corrected chi connectivity index (χ1v) is 5.89. The molecule has 0 aromatic heterocycles. The third-order valence-corrected chi connectivity index (χ3v) is 4.17. The van der Waals surface area contributed by atoms with E-state index >= 15 is 0 Å². The van der Waals surface area contributed by atoms with Crippen molar-refractivity contribution in [1.82, 2.24) is 0 Å². The van der Waals surface area contributed by atoms with E-state index in [0.29, 0.717) is 5.02 Å². The molecule has 76 valence electrons. The lowest BCUT2D eigenvalue weighted by Crippen LogP contribution is -2.34. The normalized spacial score (nSPS) is 19.1. The van der Waals surface area contributed by atoms with Crippen LogP contribution in [0.1, 0.15) is 30.4 Å². The van der Waals surface area contributed by atoms with Gasteiger partial charge >= 0.3 is 0 Å². The Labute approximate surface area is 97.2 Å². The van der Waals surface area contributed by atoms with E-state index in [2.05, 4.69) is 15.9 Å². The predicted octanol–water partition coefficient (Wildman–Crippen LogP) is 3.78. The summed E-state index contributed by atoms with van der Waals surface area (Å²) in [6, 6.07) is 3.76. The van der Waals surface area contributed by atoms with Gasteiger partial charge in [0.15, 0.2) is 0 Å². The fraction of sp³-hybridized carbons (Fsp3) is 0.455. The standard InChI is InChI=1S/C11H12BrClO/c1-7-8(12)3-4-9(13)10(7)11(14)5-2-6-11/h3-4,14H,2,5-6H2,1H3. The van der Waals surface area contributed by atoms with Gasteiger partial charge in [-0.2, -0.15) is 0 Å². The van der Waals surface area contributed by atoms with Gasteiger partial charge in [0.1, 0.15) is 0 Å². The zero-order valence-corrected chi connectivity index (χ0v) is 10.3.